The molecule has 0 radical (unpaired) electrons. The molecule has 1 aliphatic heterocycles. The molecule has 0 saturated carbocycles. The number of aromatic nitrogens is 1. The van der Waals surface area contributed by atoms with Crippen LogP contribution in [0.5, 0.6) is 0 Å². The van der Waals surface area contributed by atoms with Gasteiger partial charge in [-0.15, -0.1) is 11.6 Å². The van der Waals surface area contributed by atoms with E-state index in [1.165, 1.54) is 0 Å². The van der Waals surface area contributed by atoms with Crippen molar-refractivity contribution < 1.29 is 9.15 Å². The van der Waals surface area contributed by atoms with Crippen LogP contribution in [-0.4, -0.2) is 23.6 Å². The molecule has 2 atom stereocenters. The van der Waals surface area contributed by atoms with Crippen LogP contribution in [0.15, 0.2) is 10.6 Å². The van der Waals surface area contributed by atoms with Gasteiger partial charge in [-0.3, -0.25) is 0 Å². The van der Waals surface area contributed by atoms with Crippen molar-refractivity contribution in [2.45, 2.75) is 31.8 Å². The van der Waals surface area contributed by atoms with Crippen molar-refractivity contribution in [3.05, 3.63) is 17.8 Å². The van der Waals surface area contributed by atoms with Gasteiger partial charge in [-0.25, -0.2) is 4.98 Å². The Bertz CT molecular complexity index is 300. The summed E-state index contributed by atoms with van der Waals surface area (Å²) in [6, 6.07) is 0. The number of rotatable bonds is 3. The van der Waals surface area contributed by atoms with Gasteiger partial charge in [0.2, 0.25) is 0 Å². The molecule has 0 amide bonds. The topological polar surface area (TPSA) is 35.3 Å². The molecule has 1 aromatic rings. The van der Waals surface area contributed by atoms with Crippen LogP contribution in [0.2, 0.25) is 0 Å². The summed E-state index contributed by atoms with van der Waals surface area (Å²) in [5.74, 6) is 2.59. The second-order valence-electron chi connectivity index (χ2n) is 3.57. The highest BCUT2D eigenvalue weighted by Crippen LogP contribution is 2.31. The number of nitrogens with zero attached hydrogens (tertiary/aromatic N) is 1. The van der Waals surface area contributed by atoms with Gasteiger partial charge in [0.15, 0.2) is 5.89 Å². The van der Waals surface area contributed by atoms with E-state index >= 15 is 0 Å². The maximum absolute atomic E-state index is 5.61. The van der Waals surface area contributed by atoms with Gasteiger partial charge < -0.3 is 9.15 Å². The first-order valence-electron chi connectivity index (χ1n) is 4.93. The molecule has 1 aliphatic rings. The minimum absolute atomic E-state index is 0.242. The predicted octanol–water partition coefficient (Wildman–Crippen LogP) is 2.35. The zero-order chi connectivity index (χ0) is 9.97. The number of hydrogen-bond donors (Lipinski definition) is 0. The summed E-state index contributed by atoms with van der Waals surface area (Å²) in [6.07, 6.45) is 3.77. The molecule has 0 aliphatic carbocycles. The van der Waals surface area contributed by atoms with Crippen LogP contribution in [0.4, 0.5) is 0 Å². The largest absolute Gasteiger partial charge is 0.445 e. The van der Waals surface area contributed by atoms with Crippen LogP contribution >= 0.6 is 11.6 Å². The summed E-state index contributed by atoms with van der Waals surface area (Å²) in [5, 5.41) is 0. The molecule has 0 aromatic carbocycles. The Labute approximate surface area is 88.4 Å². The van der Waals surface area contributed by atoms with Gasteiger partial charge in [-0.2, -0.15) is 0 Å². The van der Waals surface area contributed by atoms with Crippen LogP contribution in [0.25, 0.3) is 0 Å². The third kappa shape index (κ3) is 1.93. The Kier molecular flexibility index (Phi) is 3.08. The number of oxazole rings is 1. The predicted molar refractivity (Wildman–Crippen MR) is 53.7 cm³/mol. The number of alkyl halides is 1. The van der Waals surface area contributed by atoms with E-state index in [0.29, 0.717) is 18.2 Å². The summed E-state index contributed by atoms with van der Waals surface area (Å²) >= 11 is 5.61. The summed E-state index contributed by atoms with van der Waals surface area (Å²) in [6.45, 7) is 2.89. The maximum Gasteiger partial charge on any atom is 0.195 e. The Morgan fingerprint density at radius 1 is 1.64 bits per heavy atom. The van der Waals surface area contributed by atoms with Gasteiger partial charge in [0, 0.05) is 24.8 Å². The van der Waals surface area contributed by atoms with Crippen molar-refractivity contribution in [2.75, 3.05) is 12.5 Å². The van der Waals surface area contributed by atoms with Gasteiger partial charge >= 0.3 is 0 Å². The van der Waals surface area contributed by atoms with Crippen molar-refractivity contribution >= 4 is 11.6 Å². The van der Waals surface area contributed by atoms with Gasteiger partial charge in [0.25, 0.3) is 0 Å². The maximum atomic E-state index is 5.61. The molecule has 1 saturated heterocycles. The molecular weight excluding hydrogens is 202 g/mol. The summed E-state index contributed by atoms with van der Waals surface area (Å²) in [5.41, 5.74) is 0. The first kappa shape index (κ1) is 9.99. The van der Waals surface area contributed by atoms with Gasteiger partial charge in [-0.05, 0) is 13.3 Å². The third-order valence-corrected chi connectivity index (χ3v) is 2.81. The molecule has 1 aromatic heterocycles. The van der Waals surface area contributed by atoms with Crippen molar-refractivity contribution in [3.8, 4) is 0 Å². The molecule has 4 heteroatoms. The zero-order valence-corrected chi connectivity index (χ0v) is 8.96. The molecule has 3 nitrogen and oxygen atoms in total. The summed E-state index contributed by atoms with van der Waals surface area (Å²) < 4.78 is 11.1. The minimum atomic E-state index is 0.242. The second-order valence-corrected chi connectivity index (χ2v) is 3.94. The van der Waals surface area contributed by atoms with Crippen molar-refractivity contribution in [2.24, 2.45) is 0 Å². The Hall–Kier alpha value is -0.540. The minimum Gasteiger partial charge on any atom is -0.445 e. The fourth-order valence-corrected chi connectivity index (χ4v) is 1.96. The number of aryl methyl sites for hydroxylation is 1. The van der Waals surface area contributed by atoms with E-state index in [1.54, 1.807) is 6.20 Å². The lowest BCUT2D eigenvalue weighted by Gasteiger charge is -2.09. The lowest BCUT2D eigenvalue weighted by atomic mass is 10.0. The number of halogens is 1. The van der Waals surface area contributed by atoms with E-state index in [0.717, 1.165) is 24.7 Å². The van der Waals surface area contributed by atoms with Gasteiger partial charge in [-0.1, -0.05) is 0 Å². The van der Waals surface area contributed by atoms with Crippen LogP contribution in [0.1, 0.15) is 30.9 Å². The van der Waals surface area contributed by atoms with Gasteiger partial charge in [0.1, 0.15) is 5.76 Å². The fraction of sp³-hybridized carbons (Fsp3) is 0.700. The monoisotopic (exact) mass is 215 g/mol. The molecule has 2 unspecified atom stereocenters. The summed E-state index contributed by atoms with van der Waals surface area (Å²) in [7, 11) is 0. The van der Waals surface area contributed by atoms with Crippen LogP contribution < -0.4 is 0 Å². The molecule has 1 fully saturated rings. The van der Waals surface area contributed by atoms with Crippen LogP contribution in [-0.2, 0) is 11.2 Å². The Balaban J connectivity index is 2.08. The average Bonchev–Trinajstić information content (AvgIpc) is 2.74. The SMILES string of the molecule is CC1OCCC1c1cnc(CCCl)o1. The molecular formula is C10H14ClNO2. The summed E-state index contributed by atoms with van der Waals surface area (Å²) in [4.78, 5) is 4.18. The Morgan fingerprint density at radius 3 is 3.14 bits per heavy atom. The van der Waals surface area contributed by atoms with E-state index in [4.69, 9.17) is 20.8 Å². The zero-order valence-electron chi connectivity index (χ0n) is 8.20. The number of ether oxygens (including phenoxy) is 1. The molecule has 0 spiro atoms. The molecule has 0 N–H and O–H groups in total. The molecule has 0 bridgehead atoms. The first-order chi connectivity index (χ1) is 6.81. The highest BCUT2D eigenvalue weighted by atomic mass is 35.5. The normalized spacial score (nSPS) is 27.0. The van der Waals surface area contributed by atoms with Gasteiger partial charge in [0.05, 0.1) is 12.3 Å². The van der Waals surface area contributed by atoms with Crippen molar-refractivity contribution in [3.63, 3.8) is 0 Å². The first-order valence-corrected chi connectivity index (χ1v) is 5.47. The number of hydrogen-bond acceptors (Lipinski definition) is 3. The van der Waals surface area contributed by atoms with E-state index in [9.17, 15) is 0 Å². The average molecular weight is 216 g/mol. The quantitative estimate of drug-likeness (QED) is 0.727. The van der Waals surface area contributed by atoms with Crippen LogP contribution in [0, 0.1) is 0 Å². The second kappa shape index (κ2) is 4.32. The molecule has 2 rings (SSSR count). The van der Waals surface area contributed by atoms with E-state index in [1.807, 2.05) is 0 Å². The molecule has 78 valence electrons. The van der Waals surface area contributed by atoms with E-state index in [2.05, 4.69) is 11.9 Å². The lowest BCUT2D eigenvalue weighted by Crippen LogP contribution is -2.08. The highest BCUT2D eigenvalue weighted by molar-refractivity contribution is 6.17. The standard InChI is InChI=1S/C10H14ClNO2/c1-7-8(3-5-13-7)9-6-12-10(14-9)2-4-11/h6-8H,2-5H2,1H3. The van der Waals surface area contributed by atoms with Crippen molar-refractivity contribution in [1.29, 1.82) is 0 Å². The van der Waals surface area contributed by atoms with E-state index in [-0.39, 0.29) is 6.10 Å². The molecule has 2 heterocycles. The van der Waals surface area contributed by atoms with E-state index < -0.39 is 0 Å². The van der Waals surface area contributed by atoms with Crippen LogP contribution in [0.3, 0.4) is 0 Å². The smallest absolute Gasteiger partial charge is 0.195 e. The Morgan fingerprint density at radius 2 is 2.50 bits per heavy atom. The fourth-order valence-electron chi connectivity index (χ4n) is 1.80. The third-order valence-electron chi connectivity index (χ3n) is 2.62. The molecule has 14 heavy (non-hydrogen) atoms. The lowest BCUT2D eigenvalue weighted by molar-refractivity contribution is 0.115. The van der Waals surface area contributed by atoms with Crippen molar-refractivity contribution in [1.82, 2.24) is 4.98 Å². The highest BCUT2D eigenvalue weighted by Gasteiger charge is 2.28.